The molecule has 1 amide bonds. The van der Waals surface area contributed by atoms with Gasteiger partial charge in [-0.05, 0) is 35.8 Å². The maximum Gasteiger partial charge on any atom is 0.471 e. The fourth-order valence-corrected chi connectivity index (χ4v) is 3.34. The first-order valence-corrected chi connectivity index (χ1v) is 11.9. The largest absolute Gasteiger partial charge is 0.543 e. The number of carbonyl (C=O) groups is 2. The zero-order valence-electron chi connectivity index (χ0n) is 17.6. The summed E-state index contributed by atoms with van der Waals surface area (Å²) in [6, 6.07) is 6.68. The third-order valence-corrected chi connectivity index (χ3v) is 9.41. The van der Waals surface area contributed by atoms with Crippen molar-refractivity contribution in [1.29, 1.82) is 0 Å². The van der Waals surface area contributed by atoms with Crippen LogP contribution < -0.4 is 9.74 Å². The fraction of sp³-hybridized carbons (Fsp3) is 0.500. The van der Waals surface area contributed by atoms with Gasteiger partial charge in [0.25, 0.3) is 0 Å². The normalized spacial score (nSPS) is 14.5. The molecule has 0 radical (unpaired) electrons. The van der Waals surface area contributed by atoms with Gasteiger partial charge in [-0.25, -0.2) is 4.79 Å². The molecule has 29 heavy (non-hydrogen) atoms. The van der Waals surface area contributed by atoms with Crippen molar-refractivity contribution in [2.75, 3.05) is 7.11 Å². The molecular weight excluding hydrogens is 403 g/mol. The second kappa shape index (κ2) is 8.60. The van der Waals surface area contributed by atoms with Crippen LogP contribution in [-0.2, 0) is 20.7 Å². The molecule has 0 bridgehead atoms. The highest BCUT2D eigenvalue weighted by atomic mass is 28.4. The summed E-state index contributed by atoms with van der Waals surface area (Å²) < 4.78 is 49.1. The Morgan fingerprint density at radius 3 is 2.24 bits per heavy atom. The van der Waals surface area contributed by atoms with Crippen LogP contribution in [0, 0.1) is 0 Å². The van der Waals surface area contributed by atoms with Crippen LogP contribution in [0.4, 0.5) is 13.2 Å². The Morgan fingerprint density at radius 1 is 1.21 bits per heavy atom. The zero-order chi connectivity index (χ0) is 22.7. The summed E-state index contributed by atoms with van der Waals surface area (Å²) in [6.45, 7) is 13.8. The molecule has 1 atom stereocenters. The smallest absolute Gasteiger partial charge is 0.471 e. The SMILES string of the molecule is C=C[C@](Cc1cccc(O[Si](C)(C)C(C)(C)C)c1)(NC(=O)C(F)(F)F)C(=O)OC. The van der Waals surface area contributed by atoms with E-state index in [9.17, 15) is 22.8 Å². The Morgan fingerprint density at radius 2 is 1.79 bits per heavy atom. The third-order valence-electron chi connectivity index (χ3n) is 5.05. The highest BCUT2D eigenvalue weighted by molar-refractivity contribution is 6.74. The van der Waals surface area contributed by atoms with Crippen molar-refractivity contribution in [3.63, 3.8) is 0 Å². The average molecular weight is 432 g/mol. The van der Waals surface area contributed by atoms with Crippen molar-refractivity contribution < 1.29 is 31.9 Å². The standard InChI is InChI=1S/C20H28F3NO4Si/c1-8-19(17(26)27-5,24-16(25)20(21,22)23)13-14-10-9-11-15(12-14)28-29(6,7)18(2,3)4/h8-12H,1,13H2,2-7H3,(H,24,25)/t19-/m1/s1. The van der Waals surface area contributed by atoms with E-state index in [1.807, 2.05) is 0 Å². The molecule has 1 aromatic rings. The van der Waals surface area contributed by atoms with E-state index in [2.05, 4.69) is 45.2 Å². The van der Waals surface area contributed by atoms with Gasteiger partial charge in [-0.3, -0.25) is 4.79 Å². The minimum absolute atomic E-state index is 0.0550. The van der Waals surface area contributed by atoms with Crippen LogP contribution >= 0.6 is 0 Å². The molecule has 0 aliphatic rings. The molecule has 0 unspecified atom stereocenters. The molecule has 0 heterocycles. The van der Waals surface area contributed by atoms with Crippen LogP contribution in [0.1, 0.15) is 26.3 Å². The van der Waals surface area contributed by atoms with E-state index >= 15 is 0 Å². The third kappa shape index (κ3) is 6.09. The van der Waals surface area contributed by atoms with Gasteiger partial charge in [0, 0.05) is 6.42 Å². The Labute approximate surface area is 170 Å². The molecule has 0 spiro atoms. The lowest BCUT2D eigenvalue weighted by atomic mass is 9.90. The second-order valence-corrected chi connectivity index (χ2v) is 13.0. The quantitative estimate of drug-likeness (QED) is 0.395. The molecule has 1 aromatic carbocycles. The summed E-state index contributed by atoms with van der Waals surface area (Å²) in [4.78, 5) is 23.8. The van der Waals surface area contributed by atoms with E-state index in [1.54, 1.807) is 29.6 Å². The minimum Gasteiger partial charge on any atom is -0.543 e. The number of alkyl halides is 3. The van der Waals surface area contributed by atoms with E-state index in [0.29, 0.717) is 11.3 Å². The first-order valence-electron chi connectivity index (χ1n) is 8.97. The van der Waals surface area contributed by atoms with Crippen molar-refractivity contribution in [2.45, 2.75) is 57.0 Å². The molecule has 1 rings (SSSR count). The molecule has 0 aromatic heterocycles. The summed E-state index contributed by atoms with van der Waals surface area (Å²) in [7, 11) is -1.12. The van der Waals surface area contributed by atoms with Crippen molar-refractivity contribution in [3.05, 3.63) is 42.5 Å². The van der Waals surface area contributed by atoms with Gasteiger partial charge in [0.2, 0.25) is 8.32 Å². The minimum atomic E-state index is -5.16. The predicted octanol–water partition coefficient (Wildman–Crippen LogP) is 4.39. The van der Waals surface area contributed by atoms with Gasteiger partial charge >= 0.3 is 18.1 Å². The maximum atomic E-state index is 12.8. The van der Waals surface area contributed by atoms with Crippen molar-refractivity contribution in [1.82, 2.24) is 5.32 Å². The number of carbonyl (C=O) groups excluding carboxylic acids is 2. The van der Waals surface area contributed by atoms with Crippen LogP contribution in [-0.4, -0.2) is 39.0 Å². The molecule has 0 aliphatic carbocycles. The monoisotopic (exact) mass is 431 g/mol. The van der Waals surface area contributed by atoms with Crippen molar-refractivity contribution in [2.24, 2.45) is 0 Å². The van der Waals surface area contributed by atoms with Gasteiger partial charge in [0.15, 0.2) is 5.54 Å². The van der Waals surface area contributed by atoms with Gasteiger partial charge in [0.1, 0.15) is 5.75 Å². The highest BCUT2D eigenvalue weighted by Gasteiger charge is 2.47. The lowest BCUT2D eigenvalue weighted by molar-refractivity contribution is -0.177. The zero-order valence-corrected chi connectivity index (χ0v) is 18.6. The summed E-state index contributed by atoms with van der Waals surface area (Å²) in [5, 5.41) is 1.67. The van der Waals surface area contributed by atoms with Gasteiger partial charge < -0.3 is 14.5 Å². The maximum absolute atomic E-state index is 12.8. The fourth-order valence-electron chi connectivity index (χ4n) is 2.32. The summed E-state index contributed by atoms with van der Waals surface area (Å²) in [5.74, 6) is -2.77. The van der Waals surface area contributed by atoms with Gasteiger partial charge in [0.05, 0.1) is 7.11 Å². The lowest BCUT2D eigenvalue weighted by Crippen LogP contribution is -2.58. The number of rotatable bonds is 7. The van der Waals surface area contributed by atoms with E-state index in [1.165, 1.54) is 0 Å². The van der Waals surface area contributed by atoms with Crippen molar-refractivity contribution >= 4 is 20.2 Å². The Bertz CT molecular complexity index is 772. The molecule has 162 valence electrons. The predicted molar refractivity (Wildman–Crippen MR) is 107 cm³/mol. The van der Waals surface area contributed by atoms with E-state index in [0.717, 1.165) is 13.2 Å². The molecule has 0 fully saturated rings. The average Bonchev–Trinajstić information content (AvgIpc) is 2.58. The second-order valence-electron chi connectivity index (χ2n) is 8.31. The number of amides is 1. The summed E-state index contributed by atoms with van der Waals surface area (Å²) in [5.41, 5.74) is -1.59. The Hall–Kier alpha value is -2.29. The molecule has 1 N–H and O–H groups in total. The first-order chi connectivity index (χ1) is 13.1. The van der Waals surface area contributed by atoms with E-state index in [-0.39, 0.29) is 11.5 Å². The van der Waals surface area contributed by atoms with Crippen molar-refractivity contribution in [3.8, 4) is 5.75 Å². The van der Waals surface area contributed by atoms with Crippen LogP contribution in [0.5, 0.6) is 5.75 Å². The Kier molecular flexibility index (Phi) is 7.34. The molecule has 0 aliphatic heterocycles. The van der Waals surface area contributed by atoms with Gasteiger partial charge in [-0.2, -0.15) is 13.2 Å². The number of ether oxygens (including phenoxy) is 1. The Balaban J connectivity index is 3.26. The topological polar surface area (TPSA) is 64.6 Å². The summed E-state index contributed by atoms with van der Waals surface area (Å²) >= 11 is 0. The van der Waals surface area contributed by atoms with E-state index in [4.69, 9.17) is 4.43 Å². The lowest BCUT2D eigenvalue weighted by Gasteiger charge is -2.36. The number of methoxy groups -OCH3 is 1. The number of benzene rings is 1. The number of nitrogens with one attached hydrogen (secondary N) is 1. The first kappa shape index (κ1) is 24.7. The molecule has 0 saturated carbocycles. The molecule has 9 heteroatoms. The summed E-state index contributed by atoms with van der Waals surface area (Å²) in [6.07, 6.45) is -4.49. The number of hydrogen-bond acceptors (Lipinski definition) is 4. The number of hydrogen-bond donors (Lipinski definition) is 1. The van der Waals surface area contributed by atoms with Crippen LogP contribution in [0.2, 0.25) is 18.1 Å². The van der Waals surface area contributed by atoms with E-state index < -0.39 is 31.9 Å². The number of esters is 1. The van der Waals surface area contributed by atoms with Gasteiger partial charge in [-0.1, -0.05) is 39.0 Å². The molecular formula is C20H28F3NO4Si. The van der Waals surface area contributed by atoms with Crippen LogP contribution in [0.3, 0.4) is 0 Å². The molecule has 0 saturated heterocycles. The van der Waals surface area contributed by atoms with Crippen LogP contribution in [0.15, 0.2) is 36.9 Å². The number of halogens is 3. The molecule has 5 nitrogen and oxygen atoms in total. The van der Waals surface area contributed by atoms with Gasteiger partial charge in [-0.15, -0.1) is 6.58 Å². The highest BCUT2D eigenvalue weighted by Crippen LogP contribution is 2.37. The van der Waals surface area contributed by atoms with Crippen LogP contribution in [0.25, 0.3) is 0 Å².